The number of alkyl carbamates (subject to hydrolysis) is 1. The van der Waals surface area contributed by atoms with Crippen LogP contribution in [0.15, 0.2) is 16.7 Å². The molecule has 0 atom stereocenters. The second kappa shape index (κ2) is 8.57. The Morgan fingerprint density at radius 1 is 1.17 bits per heavy atom. The van der Waals surface area contributed by atoms with Gasteiger partial charge in [-0.15, -0.1) is 10.2 Å². The fourth-order valence-corrected chi connectivity index (χ4v) is 4.56. The van der Waals surface area contributed by atoms with Gasteiger partial charge in [0.25, 0.3) is 0 Å². The van der Waals surface area contributed by atoms with Crippen molar-refractivity contribution in [1.29, 1.82) is 0 Å². The topological polar surface area (TPSA) is 112 Å². The Labute approximate surface area is 175 Å². The maximum Gasteiger partial charge on any atom is 0.407 e. The largest absolute Gasteiger partial charge is 0.480 e. The van der Waals surface area contributed by atoms with Gasteiger partial charge in [0.1, 0.15) is 5.69 Å². The summed E-state index contributed by atoms with van der Waals surface area (Å²) >= 11 is 0. The van der Waals surface area contributed by atoms with Crippen LogP contribution in [0.2, 0.25) is 0 Å². The minimum Gasteiger partial charge on any atom is -0.480 e. The Morgan fingerprint density at radius 3 is 2.57 bits per heavy atom. The van der Waals surface area contributed by atoms with Crippen molar-refractivity contribution in [1.82, 2.24) is 25.7 Å². The van der Waals surface area contributed by atoms with Crippen molar-refractivity contribution in [3.63, 3.8) is 0 Å². The van der Waals surface area contributed by atoms with Gasteiger partial charge < -0.3 is 19.3 Å². The highest BCUT2D eigenvalue weighted by molar-refractivity contribution is 5.67. The molecule has 1 N–H and O–H groups in total. The first-order valence-corrected chi connectivity index (χ1v) is 10.7. The lowest BCUT2D eigenvalue weighted by molar-refractivity contribution is 0.0224. The number of hydrogen-bond donors (Lipinski definition) is 1. The van der Waals surface area contributed by atoms with Crippen LogP contribution >= 0.6 is 0 Å². The summed E-state index contributed by atoms with van der Waals surface area (Å²) in [5, 5.41) is 15.2. The van der Waals surface area contributed by atoms with Crippen LogP contribution in [0, 0.1) is 5.41 Å². The third kappa shape index (κ3) is 4.11. The SMILES string of the molecule is CCCCOC(=O)NCC12CCC(c3nc(-c4ccc(OC)nn4)no3)(CC1)CC2. The van der Waals surface area contributed by atoms with E-state index in [4.69, 9.17) is 14.0 Å². The van der Waals surface area contributed by atoms with Crippen molar-refractivity contribution in [2.45, 2.75) is 63.7 Å². The lowest BCUT2D eigenvalue weighted by atomic mass is 9.53. The van der Waals surface area contributed by atoms with Gasteiger partial charge in [0.15, 0.2) is 0 Å². The summed E-state index contributed by atoms with van der Waals surface area (Å²) in [5.41, 5.74) is 0.638. The van der Waals surface area contributed by atoms with Crippen molar-refractivity contribution in [3.05, 3.63) is 18.0 Å². The first-order chi connectivity index (χ1) is 14.6. The molecule has 2 bridgehead atoms. The van der Waals surface area contributed by atoms with E-state index in [-0.39, 0.29) is 16.9 Å². The zero-order chi connectivity index (χ0) is 21.0. The minimum atomic E-state index is -0.303. The molecule has 3 saturated carbocycles. The number of fused-ring (bicyclic) bond motifs is 3. The van der Waals surface area contributed by atoms with Crippen LogP contribution in [0.3, 0.4) is 0 Å². The molecular formula is C21H29N5O4. The molecule has 5 rings (SSSR count). The number of carbonyl (C=O) groups is 1. The maximum atomic E-state index is 11.9. The lowest BCUT2D eigenvalue weighted by Gasteiger charge is -2.51. The Hall–Kier alpha value is -2.71. The van der Waals surface area contributed by atoms with Gasteiger partial charge >= 0.3 is 6.09 Å². The number of methoxy groups -OCH3 is 1. The molecule has 2 aromatic rings. The second-order valence-electron chi connectivity index (χ2n) is 8.51. The molecule has 0 radical (unpaired) electrons. The highest BCUT2D eigenvalue weighted by atomic mass is 16.5. The zero-order valence-corrected chi connectivity index (χ0v) is 17.6. The van der Waals surface area contributed by atoms with Crippen LogP contribution in [0.1, 0.15) is 64.2 Å². The van der Waals surface area contributed by atoms with Crippen LogP contribution in [-0.2, 0) is 10.2 Å². The summed E-state index contributed by atoms with van der Waals surface area (Å²) in [7, 11) is 1.55. The number of unbranched alkanes of at least 4 members (excludes halogenated alkanes) is 1. The number of ether oxygens (including phenoxy) is 2. The maximum absolute atomic E-state index is 11.9. The number of rotatable bonds is 8. The first-order valence-electron chi connectivity index (χ1n) is 10.7. The molecule has 0 unspecified atom stereocenters. The van der Waals surface area contributed by atoms with Gasteiger partial charge in [0.2, 0.25) is 17.6 Å². The summed E-state index contributed by atoms with van der Waals surface area (Å²) in [6, 6.07) is 3.50. The number of nitrogens with one attached hydrogen (secondary N) is 1. The molecule has 9 nitrogen and oxygen atoms in total. The molecule has 2 aromatic heterocycles. The molecule has 2 heterocycles. The van der Waals surface area contributed by atoms with E-state index in [0.29, 0.717) is 36.4 Å². The Morgan fingerprint density at radius 2 is 1.93 bits per heavy atom. The van der Waals surface area contributed by atoms with E-state index >= 15 is 0 Å². The van der Waals surface area contributed by atoms with Gasteiger partial charge in [0, 0.05) is 18.0 Å². The van der Waals surface area contributed by atoms with Gasteiger partial charge in [-0.05, 0) is 56.4 Å². The molecule has 9 heteroatoms. The fourth-order valence-electron chi connectivity index (χ4n) is 4.56. The van der Waals surface area contributed by atoms with Gasteiger partial charge in [-0.1, -0.05) is 18.5 Å². The standard InChI is InChI=1S/C21H29N5O4/c1-3-4-13-29-19(27)22-14-20-7-10-21(11-8-20,12-9-20)18-23-17(26-30-18)15-5-6-16(28-2)25-24-15/h5-6H,3-4,7-14H2,1-2H3,(H,22,27). The van der Waals surface area contributed by atoms with E-state index in [1.54, 1.807) is 19.2 Å². The lowest BCUT2D eigenvalue weighted by Crippen LogP contribution is -2.49. The molecule has 3 aliphatic rings. The third-order valence-corrected chi connectivity index (χ3v) is 6.70. The summed E-state index contributed by atoms with van der Waals surface area (Å²) in [6.45, 7) is 3.23. The average Bonchev–Trinajstić information content (AvgIpc) is 3.30. The predicted molar refractivity (Wildman–Crippen MR) is 108 cm³/mol. The first kappa shape index (κ1) is 20.6. The molecule has 3 aliphatic carbocycles. The monoisotopic (exact) mass is 415 g/mol. The van der Waals surface area contributed by atoms with Crippen LogP contribution in [0.5, 0.6) is 5.88 Å². The van der Waals surface area contributed by atoms with Crippen molar-refractivity contribution in [2.24, 2.45) is 5.41 Å². The van der Waals surface area contributed by atoms with E-state index < -0.39 is 0 Å². The molecule has 1 amide bonds. The molecule has 0 aromatic carbocycles. The summed E-state index contributed by atoms with van der Waals surface area (Å²) in [5.74, 6) is 1.59. The molecule has 30 heavy (non-hydrogen) atoms. The number of hydrogen-bond acceptors (Lipinski definition) is 8. The Kier molecular flexibility index (Phi) is 5.87. The summed E-state index contributed by atoms with van der Waals surface area (Å²) in [4.78, 5) is 16.6. The quantitative estimate of drug-likeness (QED) is 0.650. The average molecular weight is 415 g/mol. The number of amides is 1. The minimum absolute atomic E-state index is 0.0749. The molecule has 0 spiro atoms. The third-order valence-electron chi connectivity index (χ3n) is 6.70. The zero-order valence-electron chi connectivity index (χ0n) is 17.6. The molecular weight excluding hydrogens is 386 g/mol. The van der Waals surface area contributed by atoms with E-state index in [1.165, 1.54) is 0 Å². The molecule has 0 aliphatic heterocycles. The molecule has 162 valence electrons. The normalized spacial score (nSPS) is 25.1. The van der Waals surface area contributed by atoms with Gasteiger partial charge in [-0.2, -0.15) is 4.98 Å². The second-order valence-corrected chi connectivity index (χ2v) is 8.51. The van der Waals surface area contributed by atoms with E-state index in [0.717, 1.165) is 51.4 Å². The number of carbonyl (C=O) groups excluding carboxylic acids is 1. The highest BCUT2D eigenvalue weighted by Crippen LogP contribution is 2.57. The fraction of sp³-hybridized carbons (Fsp3) is 0.667. The Bertz CT molecular complexity index is 842. The predicted octanol–water partition coefficient (Wildman–Crippen LogP) is 3.65. The van der Waals surface area contributed by atoms with E-state index in [1.807, 2.05) is 0 Å². The summed E-state index contributed by atoms with van der Waals surface area (Å²) < 4.78 is 15.9. The molecule has 0 saturated heterocycles. The van der Waals surface area contributed by atoms with Crippen LogP contribution in [-0.4, -0.2) is 46.7 Å². The van der Waals surface area contributed by atoms with Gasteiger partial charge in [-0.25, -0.2) is 4.79 Å². The van der Waals surface area contributed by atoms with Crippen molar-refractivity contribution in [2.75, 3.05) is 20.3 Å². The smallest absolute Gasteiger partial charge is 0.407 e. The van der Waals surface area contributed by atoms with Crippen molar-refractivity contribution >= 4 is 6.09 Å². The van der Waals surface area contributed by atoms with Crippen molar-refractivity contribution in [3.8, 4) is 17.4 Å². The highest BCUT2D eigenvalue weighted by Gasteiger charge is 2.52. The van der Waals surface area contributed by atoms with Gasteiger partial charge in [-0.3, -0.25) is 0 Å². The number of nitrogens with zero attached hydrogens (tertiary/aromatic N) is 4. The van der Waals surface area contributed by atoms with E-state index in [2.05, 4.69) is 32.6 Å². The van der Waals surface area contributed by atoms with Crippen molar-refractivity contribution < 1.29 is 18.8 Å². The summed E-state index contributed by atoms with van der Waals surface area (Å²) in [6.07, 6.45) is 7.65. The van der Waals surface area contributed by atoms with Crippen LogP contribution in [0.25, 0.3) is 11.5 Å². The van der Waals surface area contributed by atoms with Crippen LogP contribution in [0.4, 0.5) is 4.79 Å². The van der Waals surface area contributed by atoms with Crippen LogP contribution < -0.4 is 10.1 Å². The Balaban J connectivity index is 1.36. The van der Waals surface area contributed by atoms with E-state index in [9.17, 15) is 4.79 Å². The number of aromatic nitrogens is 4. The molecule has 3 fully saturated rings. The van der Waals surface area contributed by atoms with Gasteiger partial charge in [0.05, 0.1) is 13.7 Å².